The molecule has 2 nitrogen and oxygen atoms in total. The lowest BCUT2D eigenvalue weighted by Crippen LogP contribution is -2.19. The van der Waals surface area contributed by atoms with Crippen LogP contribution in [0, 0.1) is 5.41 Å². The van der Waals surface area contributed by atoms with Crippen molar-refractivity contribution in [1.82, 2.24) is 0 Å². The number of fused-ring (bicyclic) bond motifs is 2. The number of hydrogen-bond donors (Lipinski definition) is 1. The van der Waals surface area contributed by atoms with Gasteiger partial charge in [-0.25, -0.2) is 0 Å². The van der Waals surface area contributed by atoms with Crippen LogP contribution < -0.4 is 5.32 Å². The number of hydrogen-bond acceptors (Lipinski definition) is 2. The Morgan fingerprint density at radius 1 is 1.00 bits per heavy atom. The largest absolute Gasteiger partial charge is 0.322 e. The molecule has 36 heavy (non-hydrogen) atoms. The van der Waals surface area contributed by atoms with Gasteiger partial charge in [0.25, 0.3) is 5.91 Å². The van der Waals surface area contributed by atoms with Crippen LogP contribution in [0.1, 0.15) is 62.2 Å². The minimum absolute atomic E-state index is 0.0715. The number of thiophene rings is 1. The van der Waals surface area contributed by atoms with E-state index in [1.165, 1.54) is 30.4 Å². The molecular formula is C33H33NOS. The van der Waals surface area contributed by atoms with Crippen LogP contribution in [0.15, 0.2) is 95.6 Å². The van der Waals surface area contributed by atoms with Gasteiger partial charge in [0.2, 0.25) is 0 Å². The maximum Gasteiger partial charge on any atom is 0.257 e. The molecule has 0 saturated carbocycles. The first-order chi connectivity index (χ1) is 17.3. The van der Waals surface area contributed by atoms with Gasteiger partial charge in [-0.2, -0.15) is 0 Å². The van der Waals surface area contributed by atoms with Gasteiger partial charge in [0.15, 0.2) is 0 Å². The van der Waals surface area contributed by atoms with Crippen molar-refractivity contribution in [2.45, 2.75) is 47.0 Å². The third-order valence-electron chi connectivity index (χ3n) is 7.27. The molecule has 0 radical (unpaired) electrons. The Hall–Kier alpha value is -3.43. The van der Waals surface area contributed by atoms with E-state index in [0.717, 1.165) is 42.6 Å². The molecule has 0 unspecified atom stereocenters. The van der Waals surface area contributed by atoms with Gasteiger partial charge in [-0.15, -0.1) is 11.3 Å². The summed E-state index contributed by atoms with van der Waals surface area (Å²) in [6.45, 7) is 9.07. The zero-order chi connectivity index (χ0) is 25.3. The SMILES string of the molecule is CC(C=CC1=C(C)CCCC1(C)C)=Cc1sc2ccccc2c1C(=O)Nc1ccc2ccccc2c1. The molecular weight excluding hydrogens is 458 g/mol. The number of carbonyl (C=O) groups is 1. The molecule has 4 aromatic rings. The Kier molecular flexibility index (Phi) is 6.68. The van der Waals surface area contributed by atoms with Gasteiger partial charge in [0.1, 0.15) is 0 Å². The Morgan fingerprint density at radius 2 is 1.75 bits per heavy atom. The predicted molar refractivity (Wildman–Crippen MR) is 157 cm³/mol. The molecule has 3 aromatic carbocycles. The van der Waals surface area contributed by atoms with Crippen molar-refractivity contribution in [2.75, 3.05) is 5.32 Å². The molecule has 1 aromatic heterocycles. The van der Waals surface area contributed by atoms with Crippen LogP contribution in [0.5, 0.6) is 0 Å². The summed E-state index contributed by atoms with van der Waals surface area (Å²) < 4.78 is 1.12. The van der Waals surface area contributed by atoms with Gasteiger partial charge < -0.3 is 5.32 Å². The highest BCUT2D eigenvalue weighted by Crippen LogP contribution is 2.41. The fourth-order valence-corrected chi connectivity index (χ4v) is 6.55. The van der Waals surface area contributed by atoms with Gasteiger partial charge >= 0.3 is 0 Å². The molecule has 1 aliphatic carbocycles. The molecule has 0 atom stereocenters. The monoisotopic (exact) mass is 491 g/mol. The average molecular weight is 492 g/mol. The van der Waals surface area contributed by atoms with Crippen molar-refractivity contribution in [2.24, 2.45) is 5.41 Å². The summed E-state index contributed by atoms with van der Waals surface area (Å²) in [4.78, 5) is 14.6. The normalized spacial score (nSPS) is 16.3. The van der Waals surface area contributed by atoms with Crippen molar-refractivity contribution in [1.29, 1.82) is 0 Å². The number of rotatable bonds is 5. The zero-order valence-corrected chi connectivity index (χ0v) is 22.3. The maximum absolute atomic E-state index is 13.6. The Morgan fingerprint density at radius 3 is 2.56 bits per heavy atom. The van der Waals surface area contributed by atoms with Crippen LogP contribution in [0.3, 0.4) is 0 Å². The summed E-state index contributed by atoms with van der Waals surface area (Å²) in [5.74, 6) is -0.0715. The van der Waals surface area contributed by atoms with Crippen LogP contribution in [-0.4, -0.2) is 5.91 Å². The highest BCUT2D eigenvalue weighted by molar-refractivity contribution is 7.20. The number of benzene rings is 3. The van der Waals surface area contributed by atoms with E-state index < -0.39 is 0 Å². The highest BCUT2D eigenvalue weighted by atomic mass is 32.1. The van der Waals surface area contributed by atoms with Crippen LogP contribution >= 0.6 is 11.3 Å². The second kappa shape index (κ2) is 9.91. The minimum atomic E-state index is -0.0715. The summed E-state index contributed by atoms with van der Waals surface area (Å²) in [5.41, 5.74) is 5.84. The van der Waals surface area contributed by atoms with Gasteiger partial charge in [-0.3, -0.25) is 4.79 Å². The fourth-order valence-electron chi connectivity index (χ4n) is 5.34. The number of amides is 1. The Bertz CT molecular complexity index is 1550. The quantitative estimate of drug-likeness (QED) is 0.277. The van der Waals surface area contributed by atoms with Gasteiger partial charge in [-0.05, 0) is 84.7 Å². The highest BCUT2D eigenvalue weighted by Gasteiger charge is 2.26. The smallest absolute Gasteiger partial charge is 0.257 e. The molecule has 0 aliphatic heterocycles. The van der Waals surface area contributed by atoms with Crippen LogP contribution in [0.25, 0.3) is 26.9 Å². The number of allylic oxidation sites excluding steroid dienone is 5. The molecule has 0 bridgehead atoms. The Labute approximate surface area is 218 Å². The van der Waals surface area contributed by atoms with Gasteiger partial charge in [0, 0.05) is 20.7 Å². The first-order valence-corrected chi connectivity index (χ1v) is 13.5. The molecule has 1 aliphatic rings. The lowest BCUT2D eigenvalue weighted by atomic mass is 9.72. The first kappa shape index (κ1) is 24.3. The second-order valence-corrected chi connectivity index (χ2v) is 11.6. The van der Waals surface area contributed by atoms with Crippen LogP contribution in [-0.2, 0) is 0 Å². The summed E-state index contributed by atoms with van der Waals surface area (Å²) in [6, 6.07) is 22.4. The molecule has 5 rings (SSSR count). The number of nitrogens with one attached hydrogen (secondary N) is 1. The van der Waals surface area contributed by atoms with Crippen LogP contribution in [0.4, 0.5) is 5.69 Å². The molecule has 3 heteroatoms. The van der Waals surface area contributed by atoms with Crippen molar-refractivity contribution < 1.29 is 4.79 Å². The summed E-state index contributed by atoms with van der Waals surface area (Å²) >= 11 is 1.67. The molecule has 0 fully saturated rings. The zero-order valence-electron chi connectivity index (χ0n) is 21.5. The average Bonchev–Trinajstić information content (AvgIpc) is 3.21. The molecule has 1 amide bonds. The fraction of sp³-hybridized carbons (Fsp3) is 0.242. The third-order valence-corrected chi connectivity index (χ3v) is 8.39. The second-order valence-electron chi connectivity index (χ2n) is 10.5. The number of anilines is 1. The summed E-state index contributed by atoms with van der Waals surface area (Å²) in [5, 5.41) is 6.43. The summed E-state index contributed by atoms with van der Waals surface area (Å²) in [7, 11) is 0. The first-order valence-electron chi connectivity index (χ1n) is 12.7. The number of carbonyl (C=O) groups excluding carboxylic acids is 1. The van der Waals surface area contributed by atoms with Gasteiger partial charge in [0.05, 0.1) is 5.56 Å². The molecule has 1 N–H and O–H groups in total. The minimum Gasteiger partial charge on any atom is -0.322 e. The van der Waals surface area contributed by atoms with E-state index >= 15 is 0 Å². The molecule has 182 valence electrons. The van der Waals surface area contributed by atoms with Crippen molar-refractivity contribution in [3.05, 3.63) is 106 Å². The van der Waals surface area contributed by atoms with Crippen molar-refractivity contribution in [3.63, 3.8) is 0 Å². The lowest BCUT2D eigenvalue weighted by Gasteiger charge is -2.32. The topological polar surface area (TPSA) is 29.1 Å². The van der Waals surface area contributed by atoms with Crippen molar-refractivity contribution in [3.8, 4) is 0 Å². The molecule has 1 heterocycles. The maximum atomic E-state index is 13.6. The van der Waals surface area contributed by atoms with E-state index in [0.29, 0.717) is 0 Å². The molecule has 0 saturated heterocycles. The van der Waals surface area contributed by atoms with E-state index in [9.17, 15) is 4.79 Å². The van der Waals surface area contributed by atoms with E-state index in [4.69, 9.17) is 0 Å². The van der Waals surface area contributed by atoms with E-state index in [1.54, 1.807) is 11.3 Å². The van der Waals surface area contributed by atoms with E-state index in [2.05, 4.69) is 75.5 Å². The van der Waals surface area contributed by atoms with E-state index in [-0.39, 0.29) is 11.3 Å². The standard InChI is InChI=1S/C33H33NOS/c1-22(15-18-28-23(2)10-9-19-33(28,3)4)20-30-31(27-13-7-8-14-29(27)36-30)32(35)34-26-17-16-24-11-5-6-12-25(24)21-26/h5-8,11-18,20-21H,9-10,19H2,1-4H3,(H,34,35). The Balaban J connectivity index is 1.48. The summed E-state index contributed by atoms with van der Waals surface area (Å²) in [6.07, 6.45) is 10.3. The molecule has 0 spiro atoms. The predicted octanol–water partition coefficient (Wildman–Crippen LogP) is 9.79. The van der Waals surface area contributed by atoms with E-state index in [1.807, 2.05) is 42.5 Å². The third kappa shape index (κ3) is 4.94. The van der Waals surface area contributed by atoms with Crippen molar-refractivity contribution >= 4 is 49.9 Å². The van der Waals surface area contributed by atoms with Gasteiger partial charge in [-0.1, -0.05) is 80.1 Å². The van der Waals surface area contributed by atoms with Crippen LogP contribution in [0.2, 0.25) is 0 Å². The lowest BCUT2D eigenvalue weighted by molar-refractivity contribution is 0.102.